The number of nitrogens with zero attached hydrogens (tertiary/aromatic N) is 1. The first kappa shape index (κ1) is 13.6. The molecular formula is C10H10Cl2N2O3. The number of H-pyrrole nitrogens is 1. The Kier molecular flexibility index (Phi) is 4.60. The molecule has 0 saturated heterocycles. The number of fused-ring (bicyclic) bond motifs is 1. The lowest BCUT2D eigenvalue weighted by Gasteiger charge is -2.05. The van der Waals surface area contributed by atoms with Gasteiger partial charge in [0.1, 0.15) is 10.5 Å². The number of benzene rings is 1. The highest BCUT2D eigenvalue weighted by Gasteiger charge is 2.12. The molecule has 7 heteroatoms. The standard InChI is InChI=1S/C10H9ClN2O3.ClH/c1-2-15-10(14)16-7-4-3-6-9(8(7)11)13-5-12-6;/h3-5H,2H2,1H3,(H,12,13);1H. The van der Waals surface area contributed by atoms with Crippen molar-refractivity contribution < 1.29 is 14.3 Å². The van der Waals surface area contributed by atoms with E-state index in [1.807, 2.05) is 0 Å². The van der Waals surface area contributed by atoms with E-state index in [4.69, 9.17) is 16.3 Å². The zero-order valence-corrected chi connectivity index (χ0v) is 10.5. The molecule has 92 valence electrons. The van der Waals surface area contributed by atoms with Crippen LogP contribution in [0.15, 0.2) is 18.5 Å². The van der Waals surface area contributed by atoms with E-state index < -0.39 is 6.16 Å². The van der Waals surface area contributed by atoms with E-state index in [-0.39, 0.29) is 29.8 Å². The van der Waals surface area contributed by atoms with E-state index in [1.165, 1.54) is 6.33 Å². The maximum atomic E-state index is 11.1. The molecule has 0 saturated carbocycles. The third-order valence-corrected chi connectivity index (χ3v) is 2.32. The normalized spacial score (nSPS) is 9.76. The molecule has 0 unspecified atom stereocenters. The molecule has 17 heavy (non-hydrogen) atoms. The second-order valence-electron chi connectivity index (χ2n) is 2.96. The average Bonchev–Trinajstić information content (AvgIpc) is 2.71. The second kappa shape index (κ2) is 5.75. The van der Waals surface area contributed by atoms with Gasteiger partial charge in [0.25, 0.3) is 0 Å². The molecule has 1 aromatic heterocycles. The first-order valence-corrected chi connectivity index (χ1v) is 5.06. The van der Waals surface area contributed by atoms with E-state index in [0.29, 0.717) is 5.52 Å². The summed E-state index contributed by atoms with van der Waals surface area (Å²) in [5.74, 6) is 0.236. The molecule has 5 nitrogen and oxygen atoms in total. The second-order valence-corrected chi connectivity index (χ2v) is 3.34. The van der Waals surface area contributed by atoms with Gasteiger partial charge in [0.2, 0.25) is 0 Å². The lowest BCUT2D eigenvalue weighted by atomic mass is 10.3. The summed E-state index contributed by atoms with van der Waals surface area (Å²) in [6, 6.07) is 3.31. The van der Waals surface area contributed by atoms with Crippen LogP contribution in [0.5, 0.6) is 5.75 Å². The SMILES string of the molecule is CCOC(=O)Oc1ccc2[nH]cnc2c1Cl.Cl. The zero-order valence-electron chi connectivity index (χ0n) is 8.90. The lowest BCUT2D eigenvalue weighted by molar-refractivity contribution is 0.104. The van der Waals surface area contributed by atoms with Gasteiger partial charge in [0.15, 0.2) is 5.75 Å². The summed E-state index contributed by atoms with van der Waals surface area (Å²) in [4.78, 5) is 18.0. The monoisotopic (exact) mass is 276 g/mol. The van der Waals surface area contributed by atoms with Crippen LogP contribution in [0.4, 0.5) is 4.79 Å². The van der Waals surface area contributed by atoms with Crippen LogP contribution in [0.2, 0.25) is 5.02 Å². The highest BCUT2D eigenvalue weighted by atomic mass is 35.5. The molecule has 0 amide bonds. The van der Waals surface area contributed by atoms with Gasteiger partial charge in [-0.2, -0.15) is 0 Å². The molecule has 0 radical (unpaired) electrons. The maximum Gasteiger partial charge on any atom is 0.513 e. The van der Waals surface area contributed by atoms with Crippen LogP contribution in [0.1, 0.15) is 6.92 Å². The average molecular weight is 277 g/mol. The summed E-state index contributed by atoms with van der Waals surface area (Å²) >= 11 is 6.01. The first-order valence-electron chi connectivity index (χ1n) is 4.68. The van der Waals surface area contributed by atoms with E-state index >= 15 is 0 Å². The number of halogens is 2. The summed E-state index contributed by atoms with van der Waals surface area (Å²) in [5.41, 5.74) is 1.34. The van der Waals surface area contributed by atoms with Gasteiger partial charge in [-0.25, -0.2) is 9.78 Å². The minimum atomic E-state index is -0.778. The number of hydrogen-bond acceptors (Lipinski definition) is 4. The number of carbonyl (C=O) groups is 1. The molecule has 0 aliphatic rings. The Morgan fingerprint density at radius 2 is 2.29 bits per heavy atom. The maximum absolute atomic E-state index is 11.1. The molecule has 0 fully saturated rings. The molecular weight excluding hydrogens is 267 g/mol. The Balaban J connectivity index is 0.00000144. The van der Waals surface area contributed by atoms with Gasteiger partial charge in [-0.1, -0.05) is 11.6 Å². The predicted octanol–water partition coefficient (Wildman–Crippen LogP) is 3.17. The third-order valence-electron chi connectivity index (χ3n) is 1.95. The van der Waals surface area contributed by atoms with Crippen LogP contribution in [0, 0.1) is 0 Å². The van der Waals surface area contributed by atoms with Gasteiger partial charge in [0, 0.05) is 0 Å². The predicted molar refractivity (Wildman–Crippen MR) is 66.0 cm³/mol. The molecule has 2 rings (SSSR count). The van der Waals surface area contributed by atoms with Crippen LogP contribution in [0.25, 0.3) is 11.0 Å². The lowest BCUT2D eigenvalue weighted by Crippen LogP contribution is -2.10. The number of imidazole rings is 1. The van der Waals surface area contributed by atoms with Gasteiger partial charge < -0.3 is 14.5 Å². The number of rotatable bonds is 2. The Morgan fingerprint density at radius 3 is 3.00 bits per heavy atom. The van der Waals surface area contributed by atoms with Gasteiger partial charge in [0.05, 0.1) is 18.5 Å². The van der Waals surface area contributed by atoms with Crippen molar-refractivity contribution in [3.8, 4) is 5.75 Å². The van der Waals surface area contributed by atoms with Crippen LogP contribution >= 0.6 is 24.0 Å². The van der Waals surface area contributed by atoms with Crippen molar-refractivity contribution in [2.75, 3.05) is 6.61 Å². The summed E-state index contributed by atoms with van der Waals surface area (Å²) in [5, 5.41) is 0.284. The van der Waals surface area contributed by atoms with Crippen molar-refractivity contribution in [1.29, 1.82) is 0 Å². The minimum absolute atomic E-state index is 0. The van der Waals surface area contributed by atoms with Gasteiger partial charge in [-0.15, -0.1) is 12.4 Å². The van der Waals surface area contributed by atoms with E-state index in [2.05, 4.69) is 14.7 Å². The highest BCUT2D eigenvalue weighted by molar-refractivity contribution is 6.36. The Labute approximate surface area is 108 Å². The molecule has 1 heterocycles. The van der Waals surface area contributed by atoms with E-state index in [0.717, 1.165) is 5.52 Å². The van der Waals surface area contributed by atoms with Crippen LogP contribution in [-0.2, 0) is 4.74 Å². The molecule has 1 N–H and O–H groups in total. The number of hydrogen-bond donors (Lipinski definition) is 1. The molecule has 0 atom stereocenters. The van der Waals surface area contributed by atoms with Crippen LogP contribution in [-0.4, -0.2) is 22.7 Å². The van der Waals surface area contributed by atoms with Gasteiger partial charge in [-0.3, -0.25) is 0 Å². The van der Waals surface area contributed by atoms with Crippen LogP contribution < -0.4 is 4.74 Å². The summed E-state index contributed by atoms with van der Waals surface area (Å²) < 4.78 is 9.56. The quantitative estimate of drug-likeness (QED) is 0.676. The fourth-order valence-corrected chi connectivity index (χ4v) is 1.52. The number of nitrogens with one attached hydrogen (secondary N) is 1. The number of ether oxygens (including phenoxy) is 2. The molecule has 1 aromatic carbocycles. The molecule has 0 spiro atoms. The summed E-state index contributed by atoms with van der Waals surface area (Å²) in [6.45, 7) is 1.95. The topological polar surface area (TPSA) is 64.2 Å². The number of aromatic nitrogens is 2. The molecule has 2 aromatic rings. The largest absolute Gasteiger partial charge is 0.513 e. The van der Waals surface area contributed by atoms with Gasteiger partial charge >= 0.3 is 6.16 Å². The Bertz CT molecular complexity index is 527. The van der Waals surface area contributed by atoms with Gasteiger partial charge in [-0.05, 0) is 19.1 Å². The smallest absolute Gasteiger partial charge is 0.434 e. The van der Waals surface area contributed by atoms with Crippen molar-refractivity contribution >= 4 is 41.2 Å². The van der Waals surface area contributed by atoms with E-state index in [9.17, 15) is 4.79 Å². The fraction of sp³-hybridized carbons (Fsp3) is 0.200. The van der Waals surface area contributed by atoms with Crippen molar-refractivity contribution in [3.05, 3.63) is 23.5 Å². The minimum Gasteiger partial charge on any atom is -0.434 e. The highest BCUT2D eigenvalue weighted by Crippen LogP contribution is 2.30. The van der Waals surface area contributed by atoms with Crippen LogP contribution in [0.3, 0.4) is 0 Å². The molecule has 0 bridgehead atoms. The summed E-state index contributed by atoms with van der Waals surface area (Å²) in [6.07, 6.45) is 0.740. The number of aromatic amines is 1. The molecule has 0 aliphatic heterocycles. The van der Waals surface area contributed by atoms with Crippen molar-refractivity contribution in [2.24, 2.45) is 0 Å². The summed E-state index contributed by atoms with van der Waals surface area (Å²) in [7, 11) is 0. The van der Waals surface area contributed by atoms with Crippen molar-refractivity contribution in [2.45, 2.75) is 6.92 Å². The Morgan fingerprint density at radius 1 is 1.53 bits per heavy atom. The van der Waals surface area contributed by atoms with Crippen molar-refractivity contribution in [1.82, 2.24) is 9.97 Å². The number of carbonyl (C=O) groups excluding carboxylic acids is 1. The molecule has 0 aliphatic carbocycles. The zero-order chi connectivity index (χ0) is 11.5. The third kappa shape index (κ3) is 2.81. The Hall–Kier alpha value is -1.46. The van der Waals surface area contributed by atoms with E-state index in [1.54, 1.807) is 19.1 Å². The van der Waals surface area contributed by atoms with Crippen molar-refractivity contribution in [3.63, 3.8) is 0 Å². The fourth-order valence-electron chi connectivity index (χ4n) is 1.27. The first-order chi connectivity index (χ1) is 7.72.